The molecule has 2 bridgehead atoms. The largest absolute Gasteiger partial charge is 0.481 e. The number of hydrogen-bond acceptors (Lipinski definition) is 4. The molecule has 2 N–H and O–H groups in total. The fourth-order valence-electron chi connectivity index (χ4n) is 3.31. The van der Waals surface area contributed by atoms with Crippen LogP contribution < -0.4 is 5.32 Å². The Morgan fingerprint density at radius 3 is 2.70 bits per heavy atom. The summed E-state index contributed by atoms with van der Waals surface area (Å²) in [6.45, 7) is 2.04. The van der Waals surface area contributed by atoms with Crippen molar-refractivity contribution in [2.24, 2.45) is 23.7 Å². The molecule has 0 aliphatic heterocycles. The third-order valence-corrected chi connectivity index (χ3v) is 4.16. The van der Waals surface area contributed by atoms with Crippen LogP contribution in [-0.4, -0.2) is 22.1 Å². The number of hydrogen-bond donors (Lipinski definition) is 2. The van der Waals surface area contributed by atoms with Gasteiger partial charge in [-0.1, -0.05) is 17.3 Å². The maximum absolute atomic E-state index is 12.3. The first kappa shape index (κ1) is 12.9. The predicted molar refractivity (Wildman–Crippen MR) is 68.4 cm³/mol. The Morgan fingerprint density at radius 2 is 2.10 bits per heavy atom. The summed E-state index contributed by atoms with van der Waals surface area (Å²) in [7, 11) is 0. The van der Waals surface area contributed by atoms with Gasteiger partial charge in [0.2, 0.25) is 5.91 Å². The molecule has 1 aromatic heterocycles. The number of carboxylic acid groups (broad SMARTS) is 1. The van der Waals surface area contributed by atoms with Gasteiger partial charge in [0.15, 0.2) is 5.76 Å². The van der Waals surface area contributed by atoms with Gasteiger partial charge in [-0.3, -0.25) is 9.59 Å². The Labute approximate surface area is 115 Å². The molecule has 2 aliphatic rings. The molecule has 1 amide bonds. The third kappa shape index (κ3) is 2.11. The minimum Gasteiger partial charge on any atom is -0.481 e. The molecule has 4 unspecified atom stereocenters. The van der Waals surface area contributed by atoms with Crippen molar-refractivity contribution in [2.45, 2.75) is 19.9 Å². The van der Waals surface area contributed by atoms with Crippen LogP contribution in [0, 0.1) is 30.6 Å². The molecule has 1 heterocycles. The zero-order chi connectivity index (χ0) is 14.3. The van der Waals surface area contributed by atoms with Gasteiger partial charge in [0.1, 0.15) is 0 Å². The standard InChI is InChI=1S/C14H16N2O4/c1-7-4-10(20-16-7)6-15-13(17)11-8-2-3-9(5-8)12(11)14(18)19/h2-4,8-9,11-12H,5-6H2,1H3,(H,15,17)(H,18,19). The lowest BCUT2D eigenvalue weighted by molar-refractivity contribution is -0.147. The summed E-state index contributed by atoms with van der Waals surface area (Å²) < 4.78 is 5.02. The lowest BCUT2D eigenvalue weighted by atomic mass is 9.82. The Morgan fingerprint density at radius 1 is 1.40 bits per heavy atom. The second kappa shape index (κ2) is 4.77. The number of carbonyl (C=O) groups excluding carboxylic acids is 1. The van der Waals surface area contributed by atoms with Gasteiger partial charge in [-0.25, -0.2) is 0 Å². The van der Waals surface area contributed by atoms with Crippen LogP contribution in [0.2, 0.25) is 0 Å². The lowest BCUT2D eigenvalue weighted by Crippen LogP contribution is -2.39. The summed E-state index contributed by atoms with van der Waals surface area (Å²) in [5.74, 6) is -1.60. The number of aryl methyl sites for hydroxylation is 1. The van der Waals surface area contributed by atoms with Gasteiger partial charge < -0.3 is 14.9 Å². The van der Waals surface area contributed by atoms with Gasteiger partial charge in [-0.2, -0.15) is 0 Å². The molecule has 106 valence electrons. The molecular weight excluding hydrogens is 260 g/mol. The number of nitrogens with zero attached hydrogens (tertiary/aromatic N) is 1. The van der Waals surface area contributed by atoms with E-state index in [0.29, 0.717) is 5.76 Å². The van der Waals surface area contributed by atoms with Crippen molar-refractivity contribution < 1.29 is 19.2 Å². The van der Waals surface area contributed by atoms with Gasteiger partial charge in [0.25, 0.3) is 0 Å². The van der Waals surface area contributed by atoms with E-state index < -0.39 is 17.8 Å². The summed E-state index contributed by atoms with van der Waals surface area (Å²) in [6, 6.07) is 1.75. The van der Waals surface area contributed by atoms with Crippen LogP contribution in [0.3, 0.4) is 0 Å². The molecule has 1 aromatic rings. The summed E-state index contributed by atoms with van der Waals surface area (Å²) in [6.07, 6.45) is 4.65. The molecule has 20 heavy (non-hydrogen) atoms. The number of allylic oxidation sites excluding steroid dienone is 2. The van der Waals surface area contributed by atoms with E-state index >= 15 is 0 Å². The summed E-state index contributed by atoms with van der Waals surface area (Å²) in [4.78, 5) is 23.6. The zero-order valence-electron chi connectivity index (χ0n) is 11.1. The number of carboxylic acids is 1. The molecule has 1 saturated carbocycles. The molecule has 0 saturated heterocycles. The summed E-state index contributed by atoms with van der Waals surface area (Å²) in [5, 5.41) is 15.8. The number of amides is 1. The van der Waals surface area contributed by atoms with Crippen LogP contribution >= 0.6 is 0 Å². The van der Waals surface area contributed by atoms with Crippen LogP contribution in [0.15, 0.2) is 22.7 Å². The number of aromatic nitrogens is 1. The summed E-state index contributed by atoms with van der Waals surface area (Å²) >= 11 is 0. The average Bonchev–Trinajstić information content (AvgIpc) is 3.10. The predicted octanol–water partition coefficient (Wildman–Crippen LogP) is 1.12. The Balaban J connectivity index is 1.67. The van der Waals surface area contributed by atoms with E-state index in [0.717, 1.165) is 12.1 Å². The molecular formula is C14H16N2O4. The highest BCUT2D eigenvalue weighted by molar-refractivity contribution is 5.86. The molecule has 3 rings (SSSR count). The highest BCUT2D eigenvalue weighted by Gasteiger charge is 2.51. The van der Waals surface area contributed by atoms with E-state index in [2.05, 4.69) is 10.5 Å². The van der Waals surface area contributed by atoms with Crippen molar-refractivity contribution in [3.63, 3.8) is 0 Å². The van der Waals surface area contributed by atoms with Crippen molar-refractivity contribution in [1.82, 2.24) is 10.5 Å². The number of aliphatic carboxylic acids is 1. The van der Waals surface area contributed by atoms with E-state index in [1.54, 1.807) is 13.0 Å². The number of fused-ring (bicyclic) bond motifs is 2. The number of rotatable bonds is 4. The highest BCUT2D eigenvalue weighted by Crippen LogP contribution is 2.48. The zero-order valence-corrected chi connectivity index (χ0v) is 11.1. The fourth-order valence-corrected chi connectivity index (χ4v) is 3.31. The number of nitrogens with one attached hydrogen (secondary N) is 1. The highest BCUT2D eigenvalue weighted by atomic mass is 16.5. The minimum atomic E-state index is -0.891. The maximum Gasteiger partial charge on any atom is 0.307 e. The molecule has 2 aliphatic carbocycles. The molecule has 1 fully saturated rings. The molecule has 4 atom stereocenters. The van der Waals surface area contributed by atoms with Crippen LogP contribution in [-0.2, 0) is 16.1 Å². The van der Waals surface area contributed by atoms with Crippen LogP contribution in [0.1, 0.15) is 17.9 Å². The van der Waals surface area contributed by atoms with E-state index in [-0.39, 0.29) is 24.3 Å². The van der Waals surface area contributed by atoms with Gasteiger partial charge in [-0.05, 0) is 25.2 Å². The van der Waals surface area contributed by atoms with Gasteiger partial charge in [0.05, 0.1) is 24.1 Å². The molecule has 6 nitrogen and oxygen atoms in total. The van der Waals surface area contributed by atoms with Gasteiger partial charge in [0, 0.05) is 6.07 Å². The van der Waals surface area contributed by atoms with Crippen LogP contribution in [0.5, 0.6) is 0 Å². The topological polar surface area (TPSA) is 92.4 Å². The fraction of sp³-hybridized carbons (Fsp3) is 0.500. The minimum absolute atomic E-state index is 0.0132. The van der Waals surface area contributed by atoms with E-state index in [9.17, 15) is 14.7 Å². The van der Waals surface area contributed by atoms with Crippen LogP contribution in [0.4, 0.5) is 0 Å². The summed E-state index contributed by atoms with van der Waals surface area (Å²) in [5.41, 5.74) is 0.750. The first-order chi connectivity index (χ1) is 9.56. The Kier molecular flexibility index (Phi) is 3.08. The number of carbonyl (C=O) groups is 2. The van der Waals surface area contributed by atoms with E-state index in [4.69, 9.17) is 4.52 Å². The van der Waals surface area contributed by atoms with Crippen LogP contribution in [0.25, 0.3) is 0 Å². The molecule has 0 aromatic carbocycles. The molecule has 0 spiro atoms. The molecule has 0 radical (unpaired) electrons. The van der Waals surface area contributed by atoms with Gasteiger partial charge >= 0.3 is 5.97 Å². The second-order valence-corrected chi connectivity index (χ2v) is 5.49. The quantitative estimate of drug-likeness (QED) is 0.804. The van der Waals surface area contributed by atoms with E-state index in [1.165, 1.54) is 0 Å². The van der Waals surface area contributed by atoms with E-state index in [1.807, 2.05) is 12.2 Å². The lowest BCUT2D eigenvalue weighted by Gasteiger charge is -2.23. The van der Waals surface area contributed by atoms with Crippen molar-refractivity contribution in [3.05, 3.63) is 29.7 Å². The SMILES string of the molecule is Cc1cc(CNC(=O)C2C3C=CC(C3)C2C(=O)O)on1. The smallest absolute Gasteiger partial charge is 0.307 e. The van der Waals surface area contributed by atoms with Crippen molar-refractivity contribution in [3.8, 4) is 0 Å². The maximum atomic E-state index is 12.3. The third-order valence-electron chi connectivity index (χ3n) is 4.16. The van der Waals surface area contributed by atoms with Crippen molar-refractivity contribution >= 4 is 11.9 Å². The van der Waals surface area contributed by atoms with Gasteiger partial charge in [-0.15, -0.1) is 0 Å². The Hall–Kier alpha value is -2.11. The first-order valence-corrected chi connectivity index (χ1v) is 6.67. The Bertz CT molecular complexity index is 577. The van der Waals surface area contributed by atoms with Crippen molar-refractivity contribution in [1.29, 1.82) is 0 Å². The second-order valence-electron chi connectivity index (χ2n) is 5.49. The van der Waals surface area contributed by atoms with Crippen molar-refractivity contribution in [2.75, 3.05) is 0 Å². The average molecular weight is 276 g/mol. The molecule has 6 heteroatoms. The normalized spacial score (nSPS) is 30.6. The first-order valence-electron chi connectivity index (χ1n) is 6.67. The monoisotopic (exact) mass is 276 g/mol.